The number of nitro benzene ring substituents is 1. The molecule has 1 heterocycles. The van der Waals surface area contributed by atoms with Crippen molar-refractivity contribution in [2.75, 3.05) is 6.54 Å². The molecule has 176 valence electrons. The van der Waals surface area contributed by atoms with Crippen molar-refractivity contribution in [3.63, 3.8) is 0 Å². The summed E-state index contributed by atoms with van der Waals surface area (Å²) in [5.41, 5.74) is 5.34. The van der Waals surface area contributed by atoms with E-state index in [9.17, 15) is 24.5 Å². The molecule has 9 nitrogen and oxygen atoms in total. The SMILES string of the molecule is O=C(CCCCCN1C(=O)/C(=C/c2ccccc2)SC1=S)NNC(=O)c1cccc([N+](=O)[O-])c1. The van der Waals surface area contributed by atoms with Crippen LogP contribution in [0.2, 0.25) is 0 Å². The lowest BCUT2D eigenvalue weighted by Crippen LogP contribution is -2.41. The van der Waals surface area contributed by atoms with Crippen LogP contribution in [0.1, 0.15) is 41.6 Å². The van der Waals surface area contributed by atoms with Gasteiger partial charge in [-0.15, -0.1) is 0 Å². The Bertz CT molecular complexity index is 1140. The van der Waals surface area contributed by atoms with E-state index in [1.54, 1.807) is 4.90 Å². The zero-order chi connectivity index (χ0) is 24.5. The van der Waals surface area contributed by atoms with Crippen molar-refractivity contribution in [3.05, 3.63) is 80.7 Å². The van der Waals surface area contributed by atoms with Crippen molar-refractivity contribution in [1.29, 1.82) is 0 Å². The predicted octanol–water partition coefficient (Wildman–Crippen LogP) is 3.82. The first kappa shape index (κ1) is 25.1. The van der Waals surface area contributed by atoms with Gasteiger partial charge in [-0.1, -0.05) is 66.8 Å². The van der Waals surface area contributed by atoms with Gasteiger partial charge < -0.3 is 0 Å². The van der Waals surface area contributed by atoms with Gasteiger partial charge in [-0.05, 0) is 30.5 Å². The van der Waals surface area contributed by atoms with Gasteiger partial charge in [0, 0.05) is 30.7 Å². The van der Waals surface area contributed by atoms with Crippen LogP contribution in [0, 0.1) is 10.1 Å². The third-order valence-electron chi connectivity index (χ3n) is 4.89. The number of thioether (sulfide) groups is 1. The van der Waals surface area contributed by atoms with Crippen molar-refractivity contribution in [2.24, 2.45) is 0 Å². The molecule has 0 radical (unpaired) electrons. The molecule has 34 heavy (non-hydrogen) atoms. The van der Waals surface area contributed by atoms with E-state index < -0.39 is 10.8 Å². The monoisotopic (exact) mass is 498 g/mol. The van der Waals surface area contributed by atoms with Gasteiger partial charge in [-0.3, -0.25) is 40.2 Å². The number of unbranched alkanes of at least 4 members (excludes halogenated alkanes) is 2. The van der Waals surface area contributed by atoms with E-state index in [-0.39, 0.29) is 29.5 Å². The molecular weight excluding hydrogens is 476 g/mol. The average molecular weight is 499 g/mol. The Hall–Kier alpha value is -3.57. The predicted molar refractivity (Wildman–Crippen MR) is 133 cm³/mol. The van der Waals surface area contributed by atoms with Gasteiger partial charge in [-0.25, -0.2) is 0 Å². The molecule has 2 aromatic rings. The Balaban J connectivity index is 1.36. The topological polar surface area (TPSA) is 122 Å². The Morgan fingerprint density at radius 1 is 1.06 bits per heavy atom. The smallest absolute Gasteiger partial charge is 0.270 e. The molecule has 3 rings (SSSR count). The maximum Gasteiger partial charge on any atom is 0.270 e. The summed E-state index contributed by atoms with van der Waals surface area (Å²) < 4.78 is 0.522. The van der Waals surface area contributed by atoms with Crippen molar-refractivity contribution >= 4 is 57.8 Å². The summed E-state index contributed by atoms with van der Waals surface area (Å²) in [5.74, 6) is -1.13. The highest BCUT2D eigenvalue weighted by molar-refractivity contribution is 8.26. The molecule has 3 amide bonds. The van der Waals surface area contributed by atoms with Gasteiger partial charge in [0.05, 0.1) is 9.83 Å². The molecule has 0 atom stereocenters. The van der Waals surface area contributed by atoms with Gasteiger partial charge in [0.25, 0.3) is 17.5 Å². The molecule has 0 saturated carbocycles. The Kier molecular flexibility index (Phi) is 8.88. The number of hydrazine groups is 1. The molecule has 11 heteroatoms. The summed E-state index contributed by atoms with van der Waals surface area (Å²) >= 11 is 6.62. The Morgan fingerprint density at radius 2 is 1.82 bits per heavy atom. The minimum Gasteiger partial charge on any atom is -0.293 e. The number of hydrogen-bond donors (Lipinski definition) is 2. The minimum atomic E-state index is -0.644. The van der Waals surface area contributed by atoms with Crippen LogP contribution in [0.5, 0.6) is 0 Å². The summed E-state index contributed by atoms with van der Waals surface area (Å²) in [7, 11) is 0. The van der Waals surface area contributed by atoms with Gasteiger partial charge in [0.1, 0.15) is 4.32 Å². The zero-order valence-electron chi connectivity index (χ0n) is 18.1. The second-order valence-corrected chi connectivity index (χ2v) is 9.04. The summed E-state index contributed by atoms with van der Waals surface area (Å²) in [6.45, 7) is 0.474. The second-order valence-electron chi connectivity index (χ2n) is 7.36. The van der Waals surface area contributed by atoms with E-state index in [2.05, 4.69) is 10.9 Å². The van der Waals surface area contributed by atoms with Crippen LogP contribution in [0.15, 0.2) is 59.5 Å². The summed E-state index contributed by atoms with van der Waals surface area (Å²) in [4.78, 5) is 49.0. The standard InChI is InChI=1S/C23H22N4O5S2/c28-20(24-25-21(29)17-10-7-11-18(15-17)27(31)32)12-5-2-6-13-26-22(30)19(34-23(26)33)14-16-8-3-1-4-9-16/h1,3-4,7-11,14-15H,2,5-6,12-13H2,(H,24,28)(H,25,29)/b19-14-. The maximum atomic E-state index is 12.6. The lowest BCUT2D eigenvalue weighted by atomic mass is 10.2. The molecule has 0 bridgehead atoms. The van der Waals surface area contributed by atoms with Crippen molar-refractivity contribution < 1.29 is 19.3 Å². The number of thiocarbonyl (C=S) groups is 1. The van der Waals surface area contributed by atoms with Crippen LogP contribution >= 0.6 is 24.0 Å². The van der Waals surface area contributed by atoms with E-state index in [0.29, 0.717) is 35.0 Å². The van der Waals surface area contributed by atoms with Gasteiger partial charge >= 0.3 is 0 Å². The highest BCUT2D eigenvalue weighted by atomic mass is 32.2. The van der Waals surface area contributed by atoms with E-state index in [1.807, 2.05) is 36.4 Å². The molecular formula is C23H22N4O5S2. The number of hydrogen-bond acceptors (Lipinski definition) is 7. The van der Waals surface area contributed by atoms with Gasteiger partial charge in [0.2, 0.25) is 5.91 Å². The number of carbonyl (C=O) groups excluding carboxylic acids is 3. The third kappa shape index (κ3) is 6.96. The number of amides is 3. The number of benzene rings is 2. The molecule has 1 aliphatic heterocycles. The number of nitro groups is 1. The molecule has 0 spiro atoms. The van der Waals surface area contributed by atoms with E-state index in [4.69, 9.17) is 12.2 Å². The maximum absolute atomic E-state index is 12.6. The summed E-state index contributed by atoms with van der Waals surface area (Å²) in [6, 6.07) is 14.8. The Labute approximate surface area is 205 Å². The fraction of sp³-hybridized carbons (Fsp3) is 0.217. The summed E-state index contributed by atoms with van der Waals surface area (Å²) in [5, 5.41) is 10.8. The molecule has 0 aliphatic carbocycles. The molecule has 1 aliphatic rings. The number of nitrogens with zero attached hydrogens (tertiary/aromatic N) is 2. The first-order valence-electron chi connectivity index (χ1n) is 10.5. The van der Waals surface area contributed by atoms with E-state index in [1.165, 1.54) is 30.0 Å². The van der Waals surface area contributed by atoms with Crippen LogP contribution in [-0.2, 0) is 9.59 Å². The highest BCUT2D eigenvalue weighted by Gasteiger charge is 2.31. The molecule has 2 aromatic carbocycles. The fourth-order valence-electron chi connectivity index (χ4n) is 3.15. The average Bonchev–Trinajstić information content (AvgIpc) is 3.10. The minimum absolute atomic E-state index is 0.0688. The quantitative estimate of drug-likeness (QED) is 0.177. The number of non-ortho nitro benzene ring substituents is 1. The zero-order valence-corrected chi connectivity index (χ0v) is 19.7. The first-order valence-corrected chi connectivity index (χ1v) is 11.7. The van der Waals surface area contributed by atoms with Gasteiger partial charge in [-0.2, -0.15) is 0 Å². The third-order valence-corrected chi connectivity index (χ3v) is 6.27. The Morgan fingerprint density at radius 3 is 2.56 bits per heavy atom. The molecule has 0 unspecified atom stereocenters. The van der Waals surface area contributed by atoms with Crippen molar-refractivity contribution in [2.45, 2.75) is 25.7 Å². The van der Waals surface area contributed by atoms with Crippen LogP contribution in [0.3, 0.4) is 0 Å². The molecule has 0 aromatic heterocycles. The van der Waals surface area contributed by atoms with Crippen LogP contribution in [0.4, 0.5) is 5.69 Å². The largest absolute Gasteiger partial charge is 0.293 e. The van der Waals surface area contributed by atoms with E-state index >= 15 is 0 Å². The lowest BCUT2D eigenvalue weighted by Gasteiger charge is -2.14. The molecule has 1 fully saturated rings. The first-order chi connectivity index (χ1) is 16.3. The van der Waals surface area contributed by atoms with Crippen molar-refractivity contribution in [3.8, 4) is 0 Å². The van der Waals surface area contributed by atoms with Crippen LogP contribution in [0.25, 0.3) is 6.08 Å². The number of rotatable bonds is 9. The molecule has 1 saturated heterocycles. The van der Waals surface area contributed by atoms with Crippen LogP contribution < -0.4 is 10.9 Å². The van der Waals surface area contributed by atoms with Crippen molar-refractivity contribution in [1.82, 2.24) is 15.8 Å². The number of nitrogens with one attached hydrogen (secondary N) is 2. The fourth-order valence-corrected chi connectivity index (χ4v) is 4.46. The highest BCUT2D eigenvalue weighted by Crippen LogP contribution is 2.32. The normalized spacial score (nSPS) is 14.4. The van der Waals surface area contributed by atoms with E-state index in [0.717, 1.165) is 11.6 Å². The van der Waals surface area contributed by atoms with Crippen LogP contribution in [-0.4, -0.2) is 38.4 Å². The second kappa shape index (κ2) is 12.1. The lowest BCUT2D eigenvalue weighted by molar-refractivity contribution is -0.384. The summed E-state index contributed by atoms with van der Waals surface area (Å²) in [6.07, 6.45) is 3.94. The number of carbonyl (C=O) groups is 3. The van der Waals surface area contributed by atoms with Gasteiger partial charge in [0.15, 0.2) is 0 Å². The molecule has 2 N–H and O–H groups in total.